The van der Waals surface area contributed by atoms with Crippen LogP contribution in [0, 0.1) is 4.91 Å². The van der Waals surface area contributed by atoms with E-state index in [9.17, 15) is 9.70 Å². The van der Waals surface area contributed by atoms with Crippen LogP contribution in [-0.2, 0) is 9.53 Å². The van der Waals surface area contributed by atoms with E-state index in [0.29, 0.717) is 28.2 Å². The number of hydrogen-bond acceptors (Lipinski definition) is 6. The number of benzene rings is 2. The number of nitrogen functional groups attached to an aromatic ring is 2. The number of cyclic esters (lactones) is 1. The van der Waals surface area contributed by atoms with Crippen molar-refractivity contribution in [2.75, 3.05) is 11.5 Å². The van der Waals surface area contributed by atoms with E-state index in [0.717, 1.165) is 11.1 Å². The highest BCUT2D eigenvalue weighted by atomic mass is 16.6. The topological polar surface area (TPSA) is 108 Å². The molecule has 0 aliphatic carbocycles. The molecular weight excluding hydrogens is 306 g/mol. The fourth-order valence-electron chi connectivity index (χ4n) is 2.91. The van der Waals surface area contributed by atoms with Gasteiger partial charge in [-0.3, -0.25) is 0 Å². The maximum Gasteiger partial charge on any atom is 0.340 e. The van der Waals surface area contributed by atoms with Crippen LogP contribution in [-0.4, -0.2) is 11.6 Å². The van der Waals surface area contributed by atoms with Crippen molar-refractivity contribution in [3.05, 3.63) is 58.5 Å². The van der Waals surface area contributed by atoms with Crippen LogP contribution in [0.25, 0.3) is 11.1 Å². The largest absolute Gasteiger partial charge is 0.451 e. The van der Waals surface area contributed by atoms with Crippen molar-refractivity contribution >= 4 is 34.2 Å². The van der Waals surface area contributed by atoms with E-state index in [4.69, 9.17) is 16.2 Å². The van der Waals surface area contributed by atoms with Gasteiger partial charge in [0.05, 0.1) is 16.9 Å². The Kier molecular flexibility index (Phi) is 3.60. The lowest BCUT2D eigenvalue weighted by Crippen LogP contribution is -2.22. The predicted octanol–water partition coefficient (Wildman–Crippen LogP) is 3.50. The van der Waals surface area contributed by atoms with Crippen molar-refractivity contribution in [1.29, 1.82) is 0 Å². The first-order valence-electron chi connectivity index (χ1n) is 7.41. The van der Waals surface area contributed by atoms with E-state index in [1.807, 2.05) is 13.8 Å². The molecule has 0 saturated heterocycles. The molecule has 0 saturated carbocycles. The van der Waals surface area contributed by atoms with Gasteiger partial charge in [0, 0.05) is 5.57 Å². The molecule has 0 unspecified atom stereocenters. The van der Waals surface area contributed by atoms with Gasteiger partial charge in [0.1, 0.15) is 11.3 Å². The summed E-state index contributed by atoms with van der Waals surface area (Å²) in [7, 11) is 0. The Morgan fingerprint density at radius 3 is 2.17 bits per heavy atom. The second-order valence-electron chi connectivity index (χ2n) is 6.13. The highest BCUT2D eigenvalue weighted by Crippen LogP contribution is 2.44. The van der Waals surface area contributed by atoms with Gasteiger partial charge in [-0.2, -0.15) is 0 Å². The number of hydrogen-bond donors (Lipinski definition) is 2. The first-order valence-corrected chi connectivity index (χ1v) is 7.41. The third-order valence-electron chi connectivity index (χ3n) is 4.04. The van der Waals surface area contributed by atoms with Gasteiger partial charge in [0.15, 0.2) is 0 Å². The van der Waals surface area contributed by atoms with Crippen LogP contribution in [0.4, 0.5) is 17.1 Å². The first-order chi connectivity index (χ1) is 11.3. The normalized spacial score (nSPS) is 16.2. The summed E-state index contributed by atoms with van der Waals surface area (Å²) >= 11 is 0. The maximum absolute atomic E-state index is 12.5. The Bertz CT molecular complexity index is 868. The highest BCUT2D eigenvalue weighted by Gasteiger charge is 2.41. The molecule has 6 nitrogen and oxygen atoms in total. The monoisotopic (exact) mass is 323 g/mol. The van der Waals surface area contributed by atoms with Gasteiger partial charge in [-0.1, -0.05) is 18.2 Å². The van der Waals surface area contributed by atoms with Crippen molar-refractivity contribution in [2.24, 2.45) is 5.18 Å². The Balaban J connectivity index is 2.24. The number of carbonyl (C=O) groups excluding carboxylic acids is 1. The van der Waals surface area contributed by atoms with Gasteiger partial charge in [0.2, 0.25) is 0 Å². The average molecular weight is 323 g/mol. The summed E-state index contributed by atoms with van der Waals surface area (Å²) in [6.07, 6.45) is 0. The lowest BCUT2D eigenvalue weighted by atomic mass is 9.86. The third kappa shape index (κ3) is 2.52. The fourth-order valence-corrected chi connectivity index (χ4v) is 2.91. The Morgan fingerprint density at radius 2 is 1.58 bits per heavy atom. The van der Waals surface area contributed by atoms with E-state index in [-0.39, 0.29) is 0 Å². The molecule has 1 heterocycles. The molecule has 24 heavy (non-hydrogen) atoms. The van der Waals surface area contributed by atoms with Crippen LogP contribution in [0.1, 0.15) is 25.0 Å². The smallest absolute Gasteiger partial charge is 0.340 e. The summed E-state index contributed by atoms with van der Waals surface area (Å²) in [5.41, 5.74) is 14.6. The number of carbonyl (C=O) groups is 1. The Labute approximate surface area is 139 Å². The van der Waals surface area contributed by atoms with Crippen LogP contribution in [0.5, 0.6) is 0 Å². The van der Waals surface area contributed by atoms with E-state index in [2.05, 4.69) is 5.18 Å². The zero-order chi connectivity index (χ0) is 17.5. The molecule has 0 amide bonds. The number of nitrogens with zero attached hydrogens (tertiary/aromatic N) is 1. The SMILES string of the molecule is CC1(C)OC(=O)C(c2ccc(N)c(N)c2)=C1c1ccc(N=O)cc1. The van der Waals surface area contributed by atoms with Crippen molar-refractivity contribution in [1.82, 2.24) is 0 Å². The van der Waals surface area contributed by atoms with Gasteiger partial charge in [-0.05, 0) is 54.4 Å². The molecule has 4 N–H and O–H groups in total. The van der Waals surface area contributed by atoms with Crippen LogP contribution in [0.2, 0.25) is 0 Å². The molecule has 6 heteroatoms. The van der Waals surface area contributed by atoms with Gasteiger partial charge in [0.25, 0.3) is 0 Å². The van der Waals surface area contributed by atoms with E-state index in [1.54, 1.807) is 42.5 Å². The van der Waals surface area contributed by atoms with Crippen molar-refractivity contribution in [3.8, 4) is 0 Å². The summed E-state index contributed by atoms with van der Waals surface area (Å²) in [5.74, 6) is -0.420. The standard InChI is InChI=1S/C18H17N3O3/c1-18(2)16(10-3-6-12(21-23)7-4-10)15(17(22)24-18)11-5-8-13(19)14(20)9-11/h3-9H,19-20H2,1-2H3. The minimum Gasteiger partial charge on any atom is -0.451 e. The quantitative estimate of drug-likeness (QED) is 0.510. The summed E-state index contributed by atoms with van der Waals surface area (Å²) in [5, 5.41) is 2.89. The molecular formula is C18H17N3O3. The Hall–Kier alpha value is -3.15. The van der Waals surface area contributed by atoms with Gasteiger partial charge >= 0.3 is 5.97 Å². The van der Waals surface area contributed by atoms with Crippen molar-refractivity contribution in [3.63, 3.8) is 0 Å². The number of anilines is 2. The highest BCUT2D eigenvalue weighted by molar-refractivity contribution is 6.28. The average Bonchev–Trinajstić information content (AvgIpc) is 2.79. The third-order valence-corrected chi connectivity index (χ3v) is 4.04. The molecule has 0 aromatic heterocycles. The van der Waals surface area contributed by atoms with Crippen LogP contribution >= 0.6 is 0 Å². The van der Waals surface area contributed by atoms with Gasteiger partial charge < -0.3 is 16.2 Å². The number of ether oxygens (including phenoxy) is 1. The molecule has 122 valence electrons. The van der Waals surface area contributed by atoms with Gasteiger partial charge in [-0.25, -0.2) is 4.79 Å². The molecule has 0 radical (unpaired) electrons. The lowest BCUT2D eigenvalue weighted by molar-refractivity contribution is -0.141. The van der Waals surface area contributed by atoms with Gasteiger partial charge in [-0.15, -0.1) is 4.91 Å². The molecule has 1 aliphatic heterocycles. The molecule has 0 fully saturated rings. The predicted molar refractivity (Wildman–Crippen MR) is 94.1 cm³/mol. The second kappa shape index (κ2) is 5.49. The number of nitrogens with two attached hydrogens (primary N) is 2. The van der Waals surface area contributed by atoms with Crippen LogP contribution < -0.4 is 11.5 Å². The molecule has 2 aromatic carbocycles. The number of rotatable bonds is 3. The minimum absolute atomic E-state index is 0.320. The number of nitroso groups, excluding NO2 is 1. The zero-order valence-corrected chi connectivity index (χ0v) is 13.4. The van der Waals surface area contributed by atoms with Crippen LogP contribution in [0.15, 0.2) is 47.6 Å². The van der Waals surface area contributed by atoms with E-state index >= 15 is 0 Å². The van der Waals surface area contributed by atoms with Crippen molar-refractivity contribution < 1.29 is 9.53 Å². The summed E-state index contributed by atoms with van der Waals surface area (Å²) in [6, 6.07) is 11.8. The van der Waals surface area contributed by atoms with Crippen LogP contribution in [0.3, 0.4) is 0 Å². The molecule has 0 bridgehead atoms. The zero-order valence-electron chi connectivity index (χ0n) is 13.4. The fraction of sp³-hybridized carbons (Fsp3) is 0.167. The minimum atomic E-state index is -0.807. The molecule has 3 rings (SSSR count). The summed E-state index contributed by atoms with van der Waals surface area (Å²) < 4.78 is 5.54. The lowest BCUT2D eigenvalue weighted by Gasteiger charge is -2.21. The summed E-state index contributed by atoms with van der Waals surface area (Å²) in [6.45, 7) is 3.64. The van der Waals surface area contributed by atoms with E-state index < -0.39 is 11.6 Å². The van der Waals surface area contributed by atoms with E-state index in [1.165, 1.54) is 0 Å². The summed E-state index contributed by atoms with van der Waals surface area (Å²) in [4.78, 5) is 23.1. The van der Waals surface area contributed by atoms with Crippen molar-refractivity contribution in [2.45, 2.75) is 19.4 Å². The maximum atomic E-state index is 12.5. The second-order valence-corrected chi connectivity index (χ2v) is 6.13. The molecule has 0 atom stereocenters. The first kappa shape index (κ1) is 15.7. The molecule has 0 spiro atoms. The number of esters is 1. The molecule has 2 aromatic rings. The molecule has 1 aliphatic rings. The Morgan fingerprint density at radius 1 is 0.958 bits per heavy atom.